The van der Waals surface area contributed by atoms with Gasteiger partial charge in [0.25, 0.3) is 0 Å². The van der Waals surface area contributed by atoms with E-state index >= 15 is 0 Å². The molecular weight excluding hydrogens is 212 g/mol. The SMILES string of the molecule is Cc1cccc(C(N)CN2CCCOCC2)c1. The number of nitrogens with zero attached hydrogens (tertiary/aromatic N) is 1. The van der Waals surface area contributed by atoms with Gasteiger partial charge in [-0.1, -0.05) is 29.8 Å². The van der Waals surface area contributed by atoms with E-state index in [2.05, 4.69) is 36.1 Å². The Kier molecular flexibility index (Phi) is 4.54. The van der Waals surface area contributed by atoms with E-state index in [4.69, 9.17) is 10.5 Å². The zero-order chi connectivity index (χ0) is 12.1. The molecular formula is C14H22N2O. The Morgan fingerprint density at radius 2 is 2.24 bits per heavy atom. The second kappa shape index (κ2) is 6.15. The third kappa shape index (κ3) is 3.80. The summed E-state index contributed by atoms with van der Waals surface area (Å²) < 4.78 is 5.45. The van der Waals surface area contributed by atoms with Crippen LogP contribution < -0.4 is 5.73 Å². The largest absolute Gasteiger partial charge is 0.380 e. The van der Waals surface area contributed by atoms with Crippen LogP contribution in [-0.2, 0) is 4.74 Å². The van der Waals surface area contributed by atoms with Gasteiger partial charge in [0, 0.05) is 32.3 Å². The first-order chi connectivity index (χ1) is 8.25. The predicted octanol–water partition coefficient (Wildman–Crippen LogP) is 1.72. The molecule has 3 heteroatoms. The van der Waals surface area contributed by atoms with Crippen molar-refractivity contribution in [2.45, 2.75) is 19.4 Å². The van der Waals surface area contributed by atoms with Crippen molar-refractivity contribution in [1.82, 2.24) is 4.90 Å². The van der Waals surface area contributed by atoms with E-state index in [1.807, 2.05) is 0 Å². The Morgan fingerprint density at radius 3 is 3.06 bits per heavy atom. The molecule has 1 aliphatic heterocycles. The van der Waals surface area contributed by atoms with Crippen molar-refractivity contribution in [2.75, 3.05) is 32.8 Å². The van der Waals surface area contributed by atoms with Crippen LogP contribution in [0, 0.1) is 6.92 Å². The summed E-state index contributed by atoms with van der Waals surface area (Å²) >= 11 is 0. The van der Waals surface area contributed by atoms with Gasteiger partial charge in [-0.2, -0.15) is 0 Å². The lowest BCUT2D eigenvalue weighted by Crippen LogP contribution is -2.34. The Balaban J connectivity index is 1.93. The number of hydrogen-bond donors (Lipinski definition) is 1. The summed E-state index contributed by atoms with van der Waals surface area (Å²) in [6, 6.07) is 8.59. The second-order valence-corrected chi connectivity index (χ2v) is 4.79. The first-order valence-corrected chi connectivity index (χ1v) is 6.38. The van der Waals surface area contributed by atoms with E-state index in [1.54, 1.807) is 0 Å². The maximum Gasteiger partial charge on any atom is 0.0593 e. The number of aryl methyl sites for hydroxylation is 1. The van der Waals surface area contributed by atoms with Crippen LogP contribution in [0.1, 0.15) is 23.6 Å². The van der Waals surface area contributed by atoms with Gasteiger partial charge in [0.1, 0.15) is 0 Å². The van der Waals surface area contributed by atoms with Gasteiger partial charge in [0.15, 0.2) is 0 Å². The monoisotopic (exact) mass is 234 g/mol. The standard InChI is InChI=1S/C14H22N2O/c1-12-4-2-5-13(10-12)14(15)11-16-6-3-8-17-9-7-16/h2,4-5,10,14H,3,6-9,11,15H2,1H3. The van der Waals surface area contributed by atoms with Gasteiger partial charge in [-0.15, -0.1) is 0 Å². The molecule has 0 saturated carbocycles. The molecule has 1 aromatic carbocycles. The van der Waals surface area contributed by atoms with E-state index < -0.39 is 0 Å². The fraction of sp³-hybridized carbons (Fsp3) is 0.571. The van der Waals surface area contributed by atoms with Crippen LogP contribution in [0.4, 0.5) is 0 Å². The van der Waals surface area contributed by atoms with Crippen LogP contribution in [0.5, 0.6) is 0 Å². The van der Waals surface area contributed by atoms with Crippen molar-refractivity contribution >= 4 is 0 Å². The van der Waals surface area contributed by atoms with Crippen molar-refractivity contribution < 1.29 is 4.74 Å². The number of nitrogens with two attached hydrogens (primary N) is 1. The van der Waals surface area contributed by atoms with Crippen molar-refractivity contribution in [2.24, 2.45) is 5.73 Å². The summed E-state index contributed by atoms with van der Waals surface area (Å²) in [4.78, 5) is 2.40. The van der Waals surface area contributed by atoms with Gasteiger partial charge < -0.3 is 10.5 Å². The average molecular weight is 234 g/mol. The normalized spacial score (nSPS) is 19.9. The van der Waals surface area contributed by atoms with Crippen LogP contribution in [0.2, 0.25) is 0 Å². The molecule has 1 heterocycles. The molecule has 0 amide bonds. The lowest BCUT2D eigenvalue weighted by Gasteiger charge is -2.23. The van der Waals surface area contributed by atoms with E-state index in [9.17, 15) is 0 Å². The molecule has 1 aliphatic rings. The van der Waals surface area contributed by atoms with Crippen LogP contribution in [-0.4, -0.2) is 37.7 Å². The van der Waals surface area contributed by atoms with Gasteiger partial charge in [0.2, 0.25) is 0 Å². The summed E-state index contributed by atoms with van der Waals surface area (Å²) in [5.41, 5.74) is 8.77. The highest BCUT2D eigenvalue weighted by atomic mass is 16.5. The molecule has 0 radical (unpaired) electrons. The molecule has 1 unspecified atom stereocenters. The van der Waals surface area contributed by atoms with Crippen LogP contribution in [0.25, 0.3) is 0 Å². The minimum Gasteiger partial charge on any atom is -0.380 e. The summed E-state index contributed by atoms with van der Waals surface area (Å²) in [6.45, 7) is 6.85. The Bertz CT molecular complexity index is 346. The van der Waals surface area contributed by atoms with Gasteiger partial charge in [-0.05, 0) is 18.9 Å². The molecule has 0 spiro atoms. The van der Waals surface area contributed by atoms with Crippen molar-refractivity contribution in [3.63, 3.8) is 0 Å². The third-order valence-electron chi connectivity index (χ3n) is 3.24. The number of benzene rings is 1. The van der Waals surface area contributed by atoms with Gasteiger partial charge in [0.05, 0.1) is 6.61 Å². The molecule has 1 aromatic rings. The van der Waals surface area contributed by atoms with Crippen LogP contribution >= 0.6 is 0 Å². The molecule has 2 N–H and O–H groups in total. The minimum atomic E-state index is 0.105. The lowest BCUT2D eigenvalue weighted by atomic mass is 10.0. The topological polar surface area (TPSA) is 38.5 Å². The summed E-state index contributed by atoms with van der Waals surface area (Å²) in [7, 11) is 0. The molecule has 0 aromatic heterocycles. The third-order valence-corrected chi connectivity index (χ3v) is 3.24. The molecule has 1 saturated heterocycles. The zero-order valence-corrected chi connectivity index (χ0v) is 10.6. The highest BCUT2D eigenvalue weighted by Crippen LogP contribution is 2.14. The molecule has 1 fully saturated rings. The van der Waals surface area contributed by atoms with Crippen molar-refractivity contribution in [3.05, 3.63) is 35.4 Å². The van der Waals surface area contributed by atoms with Crippen LogP contribution in [0.3, 0.4) is 0 Å². The smallest absolute Gasteiger partial charge is 0.0593 e. The second-order valence-electron chi connectivity index (χ2n) is 4.79. The van der Waals surface area contributed by atoms with E-state index in [1.165, 1.54) is 11.1 Å². The van der Waals surface area contributed by atoms with Crippen molar-refractivity contribution in [1.29, 1.82) is 0 Å². The Labute approximate surface area is 104 Å². The average Bonchev–Trinajstić information content (AvgIpc) is 2.57. The molecule has 3 nitrogen and oxygen atoms in total. The van der Waals surface area contributed by atoms with E-state index in [0.717, 1.165) is 39.3 Å². The van der Waals surface area contributed by atoms with E-state index in [0.29, 0.717) is 0 Å². The highest BCUT2D eigenvalue weighted by molar-refractivity contribution is 5.25. The summed E-state index contributed by atoms with van der Waals surface area (Å²) in [5.74, 6) is 0. The van der Waals surface area contributed by atoms with E-state index in [-0.39, 0.29) is 6.04 Å². The number of rotatable bonds is 3. The van der Waals surface area contributed by atoms with Gasteiger partial charge in [-0.3, -0.25) is 4.90 Å². The van der Waals surface area contributed by atoms with Gasteiger partial charge in [-0.25, -0.2) is 0 Å². The van der Waals surface area contributed by atoms with Gasteiger partial charge >= 0.3 is 0 Å². The molecule has 1 atom stereocenters. The predicted molar refractivity (Wildman–Crippen MR) is 70.0 cm³/mol. The molecule has 0 bridgehead atoms. The lowest BCUT2D eigenvalue weighted by molar-refractivity contribution is 0.140. The number of ether oxygens (including phenoxy) is 1. The molecule has 2 rings (SSSR count). The first kappa shape index (κ1) is 12.6. The molecule has 94 valence electrons. The summed E-state index contributed by atoms with van der Waals surface area (Å²) in [5, 5.41) is 0. The molecule has 17 heavy (non-hydrogen) atoms. The Morgan fingerprint density at radius 1 is 1.35 bits per heavy atom. The Hall–Kier alpha value is -0.900. The quantitative estimate of drug-likeness (QED) is 0.865. The maximum atomic E-state index is 6.26. The highest BCUT2D eigenvalue weighted by Gasteiger charge is 2.14. The zero-order valence-electron chi connectivity index (χ0n) is 10.6. The first-order valence-electron chi connectivity index (χ1n) is 6.38. The van der Waals surface area contributed by atoms with Crippen LogP contribution in [0.15, 0.2) is 24.3 Å². The molecule has 0 aliphatic carbocycles. The summed E-state index contributed by atoms with van der Waals surface area (Å²) in [6.07, 6.45) is 1.11. The van der Waals surface area contributed by atoms with Crippen molar-refractivity contribution in [3.8, 4) is 0 Å². The maximum absolute atomic E-state index is 6.26. The minimum absolute atomic E-state index is 0.105. The number of hydrogen-bond acceptors (Lipinski definition) is 3. The fourth-order valence-electron chi connectivity index (χ4n) is 2.26. The fourth-order valence-corrected chi connectivity index (χ4v) is 2.26.